The Morgan fingerprint density at radius 2 is 1.21 bits per heavy atom. The smallest absolute Gasteiger partial charge is 0.262 e. The highest BCUT2D eigenvalue weighted by molar-refractivity contribution is 6.22. The lowest BCUT2D eigenvalue weighted by atomic mass is 10.0. The summed E-state index contributed by atoms with van der Waals surface area (Å²) < 4.78 is 22.1. The zero-order chi connectivity index (χ0) is 23.6. The number of ether oxygens (including phenoxy) is 4. The van der Waals surface area contributed by atoms with Crippen LogP contribution in [-0.2, 0) is 23.7 Å². The number of benzene rings is 1. The topological polar surface area (TPSA) is 94.6 Å². The van der Waals surface area contributed by atoms with E-state index in [1.165, 1.54) is 0 Å². The van der Waals surface area contributed by atoms with Crippen molar-refractivity contribution >= 4 is 17.7 Å². The summed E-state index contributed by atoms with van der Waals surface area (Å²) in [5.41, 5.74) is 0.681. The highest BCUT2D eigenvalue weighted by Crippen LogP contribution is 2.27. The first-order valence-electron chi connectivity index (χ1n) is 11.6. The average molecular weight is 463 g/mol. The van der Waals surface area contributed by atoms with E-state index in [1.54, 1.807) is 29.2 Å². The predicted octanol–water partition coefficient (Wildman–Crippen LogP) is 1.61. The van der Waals surface area contributed by atoms with Gasteiger partial charge < -0.3 is 23.8 Å². The van der Waals surface area contributed by atoms with Crippen molar-refractivity contribution in [1.82, 2.24) is 9.80 Å². The maximum Gasteiger partial charge on any atom is 0.262 e. The average Bonchev–Trinajstić information content (AvgIpc) is 3.04. The highest BCUT2D eigenvalue weighted by Gasteiger charge is 2.43. The summed E-state index contributed by atoms with van der Waals surface area (Å²) in [6, 6.07) is 5.81. The molecule has 0 N–H and O–H groups in total. The first-order chi connectivity index (χ1) is 16.0. The molecule has 0 aromatic heterocycles. The SMILES string of the molecule is CC(C)C[C@@H](C(=O)N1CCOCCOCCOCCOCC1)N1C(=O)c2ccccc2C1=O. The summed E-state index contributed by atoms with van der Waals surface area (Å²) in [5, 5.41) is 0. The number of hydrogen-bond donors (Lipinski definition) is 0. The van der Waals surface area contributed by atoms with Crippen molar-refractivity contribution < 1.29 is 33.3 Å². The Labute approximate surface area is 194 Å². The van der Waals surface area contributed by atoms with E-state index in [0.29, 0.717) is 83.5 Å². The Hall–Kier alpha value is -2.33. The second-order valence-corrected chi connectivity index (χ2v) is 8.45. The van der Waals surface area contributed by atoms with Crippen molar-refractivity contribution in [3.05, 3.63) is 35.4 Å². The van der Waals surface area contributed by atoms with Crippen LogP contribution in [0.2, 0.25) is 0 Å². The lowest BCUT2D eigenvalue weighted by Gasteiger charge is -2.32. The number of carbonyl (C=O) groups is 3. The second kappa shape index (κ2) is 12.8. The molecular formula is C24H34N2O7. The first kappa shape index (κ1) is 25.3. The summed E-state index contributed by atoms with van der Waals surface area (Å²) >= 11 is 0. The Bertz CT molecular complexity index is 763. The van der Waals surface area contributed by atoms with Gasteiger partial charge in [0.15, 0.2) is 0 Å². The van der Waals surface area contributed by atoms with E-state index < -0.39 is 17.9 Å². The molecule has 0 spiro atoms. The number of carbonyl (C=O) groups excluding carboxylic acids is 3. The van der Waals surface area contributed by atoms with Crippen LogP contribution in [0, 0.1) is 5.92 Å². The normalized spacial score (nSPS) is 20.3. The summed E-state index contributed by atoms with van der Waals surface area (Å²) in [4.78, 5) is 42.6. The molecule has 0 unspecified atom stereocenters. The van der Waals surface area contributed by atoms with Crippen LogP contribution in [0.25, 0.3) is 0 Å². The molecule has 1 aromatic carbocycles. The molecule has 1 aromatic rings. The van der Waals surface area contributed by atoms with Gasteiger partial charge in [0.1, 0.15) is 6.04 Å². The first-order valence-corrected chi connectivity index (χ1v) is 11.6. The van der Waals surface area contributed by atoms with Gasteiger partial charge in [0.05, 0.1) is 64.0 Å². The zero-order valence-electron chi connectivity index (χ0n) is 19.5. The van der Waals surface area contributed by atoms with Crippen molar-refractivity contribution in [1.29, 1.82) is 0 Å². The fraction of sp³-hybridized carbons (Fsp3) is 0.625. The third-order valence-corrected chi connectivity index (χ3v) is 5.56. The summed E-state index contributed by atoms with van der Waals surface area (Å²) in [6.07, 6.45) is 0.379. The van der Waals surface area contributed by atoms with Crippen molar-refractivity contribution in [2.24, 2.45) is 5.92 Å². The van der Waals surface area contributed by atoms with Crippen molar-refractivity contribution in [2.75, 3.05) is 65.9 Å². The van der Waals surface area contributed by atoms with Crippen LogP contribution >= 0.6 is 0 Å². The van der Waals surface area contributed by atoms with Crippen LogP contribution in [0.15, 0.2) is 24.3 Å². The molecule has 1 atom stereocenters. The van der Waals surface area contributed by atoms with Crippen molar-refractivity contribution in [3.63, 3.8) is 0 Å². The van der Waals surface area contributed by atoms with E-state index in [9.17, 15) is 14.4 Å². The molecule has 3 amide bonds. The minimum atomic E-state index is -0.883. The number of fused-ring (bicyclic) bond motifs is 1. The summed E-state index contributed by atoms with van der Waals surface area (Å²) in [7, 11) is 0. The number of rotatable bonds is 4. The largest absolute Gasteiger partial charge is 0.377 e. The lowest BCUT2D eigenvalue weighted by molar-refractivity contribution is -0.137. The fourth-order valence-electron chi connectivity index (χ4n) is 3.91. The van der Waals surface area contributed by atoms with Crippen LogP contribution in [0.5, 0.6) is 0 Å². The number of hydrogen-bond acceptors (Lipinski definition) is 7. The van der Waals surface area contributed by atoms with Gasteiger partial charge >= 0.3 is 0 Å². The molecule has 0 bridgehead atoms. The van der Waals surface area contributed by atoms with E-state index in [1.807, 2.05) is 13.8 Å². The Morgan fingerprint density at radius 3 is 1.64 bits per heavy atom. The number of nitrogens with zero attached hydrogens (tertiary/aromatic N) is 2. The van der Waals surface area contributed by atoms with Gasteiger partial charge in [-0.05, 0) is 24.5 Å². The molecule has 33 heavy (non-hydrogen) atoms. The highest BCUT2D eigenvalue weighted by atomic mass is 16.6. The van der Waals surface area contributed by atoms with Gasteiger partial charge in [-0.1, -0.05) is 26.0 Å². The van der Waals surface area contributed by atoms with Gasteiger partial charge in [0.2, 0.25) is 5.91 Å². The van der Waals surface area contributed by atoms with Crippen LogP contribution in [0.1, 0.15) is 41.0 Å². The maximum absolute atomic E-state index is 13.7. The molecule has 0 aliphatic carbocycles. The van der Waals surface area contributed by atoms with Gasteiger partial charge in [0.25, 0.3) is 11.8 Å². The minimum absolute atomic E-state index is 0.105. The van der Waals surface area contributed by atoms with Gasteiger partial charge in [-0.25, -0.2) is 0 Å². The summed E-state index contributed by atoms with van der Waals surface area (Å²) in [6.45, 7) is 7.93. The van der Waals surface area contributed by atoms with Crippen LogP contribution in [0.4, 0.5) is 0 Å². The monoisotopic (exact) mass is 462 g/mol. The lowest BCUT2D eigenvalue weighted by Crippen LogP contribution is -2.52. The minimum Gasteiger partial charge on any atom is -0.377 e. The number of imide groups is 1. The zero-order valence-corrected chi connectivity index (χ0v) is 19.5. The predicted molar refractivity (Wildman–Crippen MR) is 120 cm³/mol. The van der Waals surface area contributed by atoms with Crippen molar-refractivity contribution in [3.8, 4) is 0 Å². The third kappa shape index (κ3) is 6.83. The molecule has 182 valence electrons. The quantitative estimate of drug-likeness (QED) is 0.628. The van der Waals surface area contributed by atoms with Gasteiger partial charge in [-0.3, -0.25) is 19.3 Å². The molecule has 0 saturated carbocycles. The molecule has 2 heterocycles. The van der Waals surface area contributed by atoms with Crippen LogP contribution in [-0.4, -0.2) is 99.5 Å². The molecule has 1 fully saturated rings. The Balaban J connectivity index is 1.75. The molecule has 1 saturated heterocycles. The van der Waals surface area contributed by atoms with E-state index in [0.717, 1.165) is 4.90 Å². The van der Waals surface area contributed by atoms with E-state index in [2.05, 4.69) is 0 Å². The molecular weight excluding hydrogens is 428 g/mol. The van der Waals surface area contributed by atoms with E-state index in [-0.39, 0.29) is 11.8 Å². The Kier molecular flexibility index (Phi) is 9.80. The Morgan fingerprint density at radius 1 is 0.788 bits per heavy atom. The molecule has 9 nitrogen and oxygen atoms in total. The maximum atomic E-state index is 13.7. The van der Waals surface area contributed by atoms with Gasteiger partial charge in [-0.2, -0.15) is 0 Å². The molecule has 2 aliphatic rings. The van der Waals surface area contributed by atoms with Crippen molar-refractivity contribution in [2.45, 2.75) is 26.3 Å². The molecule has 9 heteroatoms. The summed E-state index contributed by atoms with van der Waals surface area (Å²) in [5.74, 6) is -1.01. The van der Waals surface area contributed by atoms with E-state index >= 15 is 0 Å². The van der Waals surface area contributed by atoms with Gasteiger partial charge in [0, 0.05) is 13.1 Å². The fourth-order valence-corrected chi connectivity index (χ4v) is 3.91. The van der Waals surface area contributed by atoms with Crippen LogP contribution < -0.4 is 0 Å². The van der Waals surface area contributed by atoms with E-state index in [4.69, 9.17) is 18.9 Å². The van der Waals surface area contributed by atoms with Crippen LogP contribution in [0.3, 0.4) is 0 Å². The second-order valence-electron chi connectivity index (χ2n) is 8.45. The number of amides is 3. The van der Waals surface area contributed by atoms with Gasteiger partial charge in [-0.15, -0.1) is 0 Å². The third-order valence-electron chi connectivity index (χ3n) is 5.56. The molecule has 2 aliphatic heterocycles. The standard InChI is InChI=1S/C24H34N2O7/c1-18(2)17-21(26-22(27)19-5-3-4-6-20(19)23(26)28)24(29)25-7-9-30-11-13-32-15-16-33-14-12-31-10-8-25/h3-6,18,21H,7-17H2,1-2H3/t21-/m0/s1. The molecule has 0 radical (unpaired) electrons. The molecule has 3 rings (SSSR count).